The fourth-order valence-electron chi connectivity index (χ4n) is 2.85. The Morgan fingerprint density at radius 1 is 1.00 bits per heavy atom. The van der Waals surface area contributed by atoms with Crippen molar-refractivity contribution in [2.45, 2.75) is 12.5 Å². The maximum absolute atomic E-state index is 12.7. The minimum atomic E-state index is -0.279. The van der Waals surface area contributed by atoms with Crippen molar-refractivity contribution in [3.8, 4) is 17.4 Å². The molecule has 0 bridgehead atoms. The third-order valence-corrected chi connectivity index (χ3v) is 4.27. The topological polar surface area (TPSA) is 69.7 Å². The van der Waals surface area contributed by atoms with Crippen LogP contribution in [0.2, 0.25) is 0 Å². The molecule has 4 rings (SSSR count). The van der Waals surface area contributed by atoms with Crippen LogP contribution < -0.4 is 14.8 Å². The molecule has 3 aromatic rings. The molecular weight excluding hydrogens is 356 g/mol. The van der Waals surface area contributed by atoms with E-state index in [9.17, 15) is 4.79 Å². The van der Waals surface area contributed by atoms with Gasteiger partial charge < -0.3 is 19.5 Å². The molecule has 1 saturated heterocycles. The molecule has 0 radical (unpaired) electrons. The Labute approximate surface area is 163 Å². The predicted molar refractivity (Wildman–Crippen MR) is 105 cm³/mol. The third kappa shape index (κ3) is 4.47. The first-order valence-electron chi connectivity index (χ1n) is 9.12. The highest BCUT2D eigenvalue weighted by molar-refractivity contribution is 6.05. The fraction of sp³-hybridized carbons (Fsp3) is 0.182. The van der Waals surface area contributed by atoms with E-state index in [0.29, 0.717) is 36.1 Å². The van der Waals surface area contributed by atoms with E-state index >= 15 is 0 Å². The van der Waals surface area contributed by atoms with Crippen LogP contribution in [0.4, 0.5) is 5.69 Å². The van der Waals surface area contributed by atoms with Crippen molar-refractivity contribution < 1.29 is 19.0 Å². The molecular formula is C22H20N2O4. The van der Waals surface area contributed by atoms with Crippen molar-refractivity contribution in [3.63, 3.8) is 0 Å². The SMILES string of the molecule is O=C(Nc1ccc(Oc2ccccc2)cc1)c1cccnc1OC1CCOC1. The summed E-state index contributed by atoms with van der Waals surface area (Å²) < 4.78 is 16.9. The first-order chi connectivity index (χ1) is 13.8. The summed E-state index contributed by atoms with van der Waals surface area (Å²) in [5, 5.41) is 2.87. The lowest BCUT2D eigenvalue weighted by Crippen LogP contribution is -2.20. The molecule has 1 amide bonds. The number of hydrogen-bond donors (Lipinski definition) is 1. The lowest BCUT2D eigenvalue weighted by molar-refractivity contribution is 0.101. The molecule has 1 aromatic heterocycles. The van der Waals surface area contributed by atoms with Gasteiger partial charge in [0.15, 0.2) is 0 Å². The molecule has 0 spiro atoms. The molecule has 2 aromatic carbocycles. The molecule has 1 unspecified atom stereocenters. The van der Waals surface area contributed by atoms with Gasteiger partial charge in [-0.15, -0.1) is 0 Å². The van der Waals surface area contributed by atoms with Crippen LogP contribution in [-0.4, -0.2) is 30.2 Å². The van der Waals surface area contributed by atoms with Crippen LogP contribution in [0.5, 0.6) is 17.4 Å². The van der Waals surface area contributed by atoms with E-state index < -0.39 is 0 Å². The van der Waals surface area contributed by atoms with Crippen LogP contribution in [0.25, 0.3) is 0 Å². The van der Waals surface area contributed by atoms with Crippen LogP contribution in [0.3, 0.4) is 0 Å². The summed E-state index contributed by atoms with van der Waals surface area (Å²) in [5.74, 6) is 1.49. The van der Waals surface area contributed by atoms with E-state index in [1.165, 1.54) is 0 Å². The molecule has 0 aliphatic carbocycles. The van der Waals surface area contributed by atoms with Gasteiger partial charge in [-0.3, -0.25) is 4.79 Å². The lowest BCUT2D eigenvalue weighted by atomic mass is 10.2. The smallest absolute Gasteiger partial charge is 0.261 e. The van der Waals surface area contributed by atoms with Crippen LogP contribution in [0.1, 0.15) is 16.8 Å². The summed E-state index contributed by atoms with van der Waals surface area (Å²) in [6.45, 7) is 1.18. The van der Waals surface area contributed by atoms with Crippen LogP contribution in [0, 0.1) is 0 Å². The van der Waals surface area contributed by atoms with Crippen molar-refractivity contribution in [2.24, 2.45) is 0 Å². The molecule has 2 heterocycles. The molecule has 142 valence electrons. The van der Waals surface area contributed by atoms with E-state index in [-0.39, 0.29) is 12.0 Å². The molecule has 6 nitrogen and oxygen atoms in total. The van der Waals surface area contributed by atoms with Crippen LogP contribution in [0.15, 0.2) is 72.9 Å². The van der Waals surface area contributed by atoms with E-state index in [0.717, 1.165) is 12.2 Å². The zero-order chi connectivity index (χ0) is 19.2. The van der Waals surface area contributed by atoms with Crippen molar-refractivity contribution in [2.75, 3.05) is 18.5 Å². The highest BCUT2D eigenvalue weighted by Crippen LogP contribution is 2.24. The first kappa shape index (κ1) is 18.0. The Morgan fingerprint density at radius 3 is 2.54 bits per heavy atom. The highest BCUT2D eigenvalue weighted by Gasteiger charge is 2.21. The van der Waals surface area contributed by atoms with Gasteiger partial charge >= 0.3 is 0 Å². The van der Waals surface area contributed by atoms with E-state index in [2.05, 4.69) is 10.3 Å². The number of anilines is 1. The maximum Gasteiger partial charge on any atom is 0.261 e. The van der Waals surface area contributed by atoms with Crippen molar-refractivity contribution in [1.82, 2.24) is 4.98 Å². The predicted octanol–water partition coefficient (Wildman–Crippen LogP) is 4.29. The molecule has 1 aliphatic heterocycles. The number of nitrogens with zero attached hydrogens (tertiary/aromatic N) is 1. The van der Waals surface area contributed by atoms with Gasteiger partial charge in [0.25, 0.3) is 5.91 Å². The maximum atomic E-state index is 12.7. The number of carbonyl (C=O) groups excluding carboxylic acids is 1. The summed E-state index contributed by atoms with van der Waals surface area (Å²) >= 11 is 0. The number of para-hydroxylation sites is 1. The summed E-state index contributed by atoms with van der Waals surface area (Å²) in [5.41, 5.74) is 1.04. The fourth-order valence-corrected chi connectivity index (χ4v) is 2.85. The molecule has 1 N–H and O–H groups in total. The van der Waals surface area contributed by atoms with Gasteiger partial charge in [0.05, 0.1) is 13.2 Å². The monoisotopic (exact) mass is 376 g/mol. The van der Waals surface area contributed by atoms with Crippen LogP contribution in [-0.2, 0) is 4.74 Å². The van der Waals surface area contributed by atoms with Gasteiger partial charge in [-0.2, -0.15) is 0 Å². The molecule has 0 saturated carbocycles. The highest BCUT2D eigenvalue weighted by atomic mass is 16.5. The molecule has 6 heteroatoms. The van der Waals surface area contributed by atoms with Crippen molar-refractivity contribution in [1.29, 1.82) is 0 Å². The lowest BCUT2D eigenvalue weighted by Gasteiger charge is -2.14. The Kier molecular flexibility index (Phi) is 5.49. The van der Waals surface area contributed by atoms with Gasteiger partial charge in [0.1, 0.15) is 23.2 Å². The Bertz CT molecular complexity index is 923. The molecule has 28 heavy (non-hydrogen) atoms. The van der Waals surface area contributed by atoms with E-state index in [4.69, 9.17) is 14.2 Å². The number of pyridine rings is 1. The number of nitrogens with one attached hydrogen (secondary N) is 1. The Hall–Kier alpha value is -3.38. The standard InChI is InChI=1S/C22H20N2O4/c25-21(20-7-4-13-23-22(20)28-19-12-14-26-15-19)24-16-8-10-18(11-9-16)27-17-5-2-1-3-6-17/h1-11,13,19H,12,14-15H2,(H,24,25). The Morgan fingerprint density at radius 2 is 1.79 bits per heavy atom. The average molecular weight is 376 g/mol. The summed E-state index contributed by atoms with van der Waals surface area (Å²) in [6.07, 6.45) is 2.33. The quantitative estimate of drug-likeness (QED) is 0.695. The third-order valence-electron chi connectivity index (χ3n) is 4.27. The van der Waals surface area contributed by atoms with Gasteiger partial charge in [-0.1, -0.05) is 18.2 Å². The number of amides is 1. The summed E-state index contributed by atoms with van der Waals surface area (Å²) in [7, 11) is 0. The van der Waals surface area contributed by atoms with Gasteiger partial charge in [-0.05, 0) is 48.5 Å². The number of benzene rings is 2. The molecule has 1 atom stereocenters. The van der Waals surface area contributed by atoms with Gasteiger partial charge in [0.2, 0.25) is 5.88 Å². The second-order valence-electron chi connectivity index (χ2n) is 6.35. The molecule has 1 aliphatic rings. The van der Waals surface area contributed by atoms with Gasteiger partial charge in [0, 0.05) is 18.3 Å². The number of hydrogen-bond acceptors (Lipinski definition) is 5. The minimum absolute atomic E-state index is 0.0733. The van der Waals surface area contributed by atoms with Crippen LogP contribution >= 0.6 is 0 Å². The number of carbonyl (C=O) groups is 1. The Balaban J connectivity index is 1.42. The van der Waals surface area contributed by atoms with Crippen molar-refractivity contribution in [3.05, 3.63) is 78.5 Å². The normalized spacial score (nSPS) is 15.8. The first-order valence-corrected chi connectivity index (χ1v) is 9.12. The number of aromatic nitrogens is 1. The largest absolute Gasteiger partial charge is 0.471 e. The average Bonchev–Trinajstić information content (AvgIpc) is 3.24. The zero-order valence-electron chi connectivity index (χ0n) is 15.2. The van der Waals surface area contributed by atoms with E-state index in [1.54, 1.807) is 42.6 Å². The van der Waals surface area contributed by atoms with Gasteiger partial charge in [-0.25, -0.2) is 4.98 Å². The molecule has 1 fully saturated rings. The number of ether oxygens (including phenoxy) is 3. The van der Waals surface area contributed by atoms with Crippen molar-refractivity contribution >= 4 is 11.6 Å². The second kappa shape index (κ2) is 8.54. The number of rotatable bonds is 6. The summed E-state index contributed by atoms with van der Waals surface area (Å²) in [6, 6.07) is 20.1. The van der Waals surface area contributed by atoms with E-state index in [1.807, 2.05) is 30.3 Å². The minimum Gasteiger partial charge on any atom is -0.471 e. The zero-order valence-corrected chi connectivity index (χ0v) is 15.2. The summed E-state index contributed by atoms with van der Waals surface area (Å²) in [4.78, 5) is 16.9. The second-order valence-corrected chi connectivity index (χ2v) is 6.35.